The van der Waals surface area contributed by atoms with Gasteiger partial charge in [0.2, 0.25) is 0 Å². The van der Waals surface area contributed by atoms with E-state index in [-0.39, 0.29) is 23.7 Å². The fraction of sp³-hybridized carbons (Fsp3) is 0.350. The van der Waals surface area contributed by atoms with Gasteiger partial charge in [-0.15, -0.1) is 0 Å². The summed E-state index contributed by atoms with van der Waals surface area (Å²) < 4.78 is 5.27. The molecule has 0 saturated carbocycles. The summed E-state index contributed by atoms with van der Waals surface area (Å²) >= 11 is 0. The minimum atomic E-state index is -0.426. The number of amides is 1. The first-order valence-corrected chi connectivity index (χ1v) is 9.11. The van der Waals surface area contributed by atoms with Gasteiger partial charge < -0.3 is 19.9 Å². The molecule has 1 fully saturated rings. The van der Waals surface area contributed by atoms with Gasteiger partial charge in [0.1, 0.15) is 11.4 Å². The molecule has 0 unspecified atom stereocenters. The predicted octanol–water partition coefficient (Wildman–Crippen LogP) is 2.29. The second kappa shape index (κ2) is 8.71. The number of para-hydroxylation sites is 1. The maximum atomic E-state index is 12.5. The molecule has 1 amide bonds. The SMILES string of the molecule is COc1ccccc1CNC(=O)c1ccc(N2CCN(C)CC2)c([N+](=O)[O-])c1. The van der Waals surface area contributed by atoms with Crippen LogP contribution in [0, 0.1) is 10.1 Å². The van der Waals surface area contributed by atoms with Crippen molar-refractivity contribution in [1.82, 2.24) is 10.2 Å². The summed E-state index contributed by atoms with van der Waals surface area (Å²) in [6.45, 7) is 3.40. The van der Waals surface area contributed by atoms with Crippen molar-refractivity contribution in [3.05, 3.63) is 63.7 Å². The number of anilines is 1. The number of carbonyl (C=O) groups excluding carboxylic acids is 1. The first kappa shape index (κ1) is 19.6. The van der Waals surface area contributed by atoms with E-state index in [2.05, 4.69) is 10.2 Å². The first-order valence-electron chi connectivity index (χ1n) is 9.11. The number of nitro groups is 1. The van der Waals surface area contributed by atoms with Crippen LogP contribution >= 0.6 is 0 Å². The molecule has 2 aromatic rings. The Balaban J connectivity index is 1.75. The van der Waals surface area contributed by atoms with Gasteiger partial charge in [0, 0.05) is 49.9 Å². The van der Waals surface area contributed by atoms with E-state index in [4.69, 9.17) is 4.74 Å². The number of nitrogens with zero attached hydrogens (tertiary/aromatic N) is 3. The van der Waals surface area contributed by atoms with E-state index in [1.807, 2.05) is 36.2 Å². The van der Waals surface area contributed by atoms with Crippen LogP contribution < -0.4 is 15.0 Å². The zero-order chi connectivity index (χ0) is 20.1. The van der Waals surface area contributed by atoms with E-state index in [0.717, 1.165) is 31.7 Å². The molecule has 148 valence electrons. The molecule has 0 radical (unpaired) electrons. The van der Waals surface area contributed by atoms with Crippen molar-refractivity contribution in [1.29, 1.82) is 0 Å². The molecule has 1 N–H and O–H groups in total. The smallest absolute Gasteiger partial charge is 0.293 e. The zero-order valence-corrected chi connectivity index (χ0v) is 16.1. The van der Waals surface area contributed by atoms with Crippen LogP contribution in [0.1, 0.15) is 15.9 Å². The number of nitrogens with one attached hydrogen (secondary N) is 1. The van der Waals surface area contributed by atoms with Crippen molar-refractivity contribution >= 4 is 17.3 Å². The van der Waals surface area contributed by atoms with Gasteiger partial charge in [-0.2, -0.15) is 0 Å². The number of hydrogen-bond donors (Lipinski definition) is 1. The van der Waals surface area contributed by atoms with Crippen LogP contribution in [-0.2, 0) is 6.54 Å². The standard InChI is InChI=1S/C20H24N4O4/c1-22-9-11-23(12-10-22)17-8-7-15(13-18(17)24(26)27)20(25)21-14-16-5-3-4-6-19(16)28-2/h3-8,13H,9-12,14H2,1-2H3,(H,21,25). The Kier molecular flexibility index (Phi) is 6.10. The highest BCUT2D eigenvalue weighted by atomic mass is 16.6. The third-order valence-corrected chi connectivity index (χ3v) is 4.91. The highest BCUT2D eigenvalue weighted by Crippen LogP contribution is 2.30. The monoisotopic (exact) mass is 384 g/mol. The molecular weight excluding hydrogens is 360 g/mol. The van der Waals surface area contributed by atoms with E-state index < -0.39 is 4.92 Å². The predicted molar refractivity (Wildman–Crippen MR) is 107 cm³/mol. The quantitative estimate of drug-likeness (QED) is 0.607. The highest BCUT2D eigenvalue weighted by molar-refractivity contribution is 5.95. The lowest BCUT2D eigenvalue weighted by Crippen LogP contribution is -2.44. The lowest BCUT2D eigenvalue weighted by atomic mass is 10.1. The van der Waals surface area contributed by atoms with Gasteiger partial charge in [0.15, 0.2) is 0 Å². The van der Waals surface area contributed by atoms with Crippen molar-refractivity contribution in [2.24, 2.45) is 0 Å². The minimum Gasteiger partial charge on any atom is -0.496 e. The fourth-order valence-electron chi connectivity index (χ4n) is 3.25. The molecule has 3 rings (SSSR count). The third kappa shape index (κ3) is 4.40. The molecule has 1 aliphatic rings. The number of nitro benzene ring substituents is 1. The number of ether oxygens (including phenoxy) is 1. The van der Waals surface area contributed by atoms with Crippen LogP contribution in [0.15, 0.2) is 42.5 Å². The maximum Gasteiger partial charge on any atom is 0.293 e. The van der Waals surface area contributed by atoms with Crippen LogP contribution in [0.4, 0.5) is 11.4 Å². The minimum absolute atomic E-state index is 0.0468. The summed E-state index contributed by atoms with van der Waals surface area (Å²) in [6, 6.07) is 12.0. The van der Waals surface area contributed by atoms with E-state index in [9.17, 15) is 14.9 Å². The molecule has 1 saturated heterocycles. The van der Waals surface area contributed by atoms with E-state index in [1.54, 1.807) is 19.2 Å². The molecular formula is C20H24N4O4. The van der Waals surface area contributed by atoms with Crippen molar-refractivity contribution < 1.29 is 14.5 Å². The number of benzene rings is 2. The Hall–Kier alpha value is -3.13. The summed E-state index contributed by atoms with van der Waals surface area (Å²) in [5.41, 5.74) is 1.61. The van der Waals surface area contributed by atoms with Gasteiger partial charge in [-0.1, -0.05) is 18.2 Å². The van der Waals surface area contributed by atoms with Crippen molar-refractivity contribution in [2.45, 2.75) is 6.54 Å². The summed E-state index contributed by atoms with van der Waals surface area (Å²) in [5, 5.41) is 14.4. The van der Waals surface area contributed by atoms with Crippen molar-refractivity contribution in [2.75, 3.05) is 45.2 Å². The van der Waals surface area contributed by atoms with Gasteiger partial charge in [0.25, 0.3) is 11.6 Å². The lowest BCUT2D eigenvalue weighted by molar-refractivity contribution is -0.384. The number of piperazine rings is 1. The van der Waals surface area contributed by atoms with Gasteiger partial charge in [-0.3, -0.25) is 14.9 Å². The molecule has 0 bridgehead atoms. The Bertz CT molecular complexity index is 863. The topological polar surface area (TPSA) is 88.0 Å². The molecule has 8 nitrogen and oxygen atoms in total. The van der Waals surface area contributed by atoms with Crippen LogP contribution in [0.2, 0.25) is 0 Å². The van der Waals surface area contributed by atoms with Crippen molar-refractivity contribution in [3.63, 3.8) is 0 Å². The molecule has 28 heavy (non-hydrogen) atoms. The molecule has 0 spiro atoms. The Morgan fingerprint density at radius 2 is 1.89 bits per heavy atom. The average molecular weight is 384 g/mol. The number of carbonyl (C=O) groups is 1. The van der Waals surface area contributed by atoms with Gasteiger partial charge in [0.05, 0.1) is 12.0 Å². The number of rotatable bonds is 6. The molecule has 2 aromatic carbocycles. The second-order valence-corrected chi connectivity index (χ2v) is 6.75. The van der Waals surface area contributed by atoms with Crippen LogP contribution in [0.3, 0.4) is 0 Å². The molecule has 0 atom stereocenters. The van der Waals surface area contributed by atoms with Crippen LogP contribution in [-0.4, -0.2) is 56.1 Å². The van der Waals surface area contributed by atoms with Crippen LogP contribution in [0.5, 0.6) is 5.75 Å². The molecule has 1 heterocycles. The molecule has 8 heteroatoms. The summed E-state index contributed by atoms with van der Waals surface area (Å²) in [4.78, 5) is 27.9. The Morgan fingerprint density at radius 1 is 1.18 bits per heavy atom. The van der Waals surface area contributed by atoms with Gasteiger partial charge in [-0.05, 0) is 25.2 Å². The van der Waals surface area contributed by atoms with Gasteiger partial charge >= 0.3 is 0 Å². The van der Waals surface area contributed by atoms with E-state index >= 15 is 0 Å². The summed E-state index contributed by atoms with van der Waals surface area (Å²) in [5.74, 6) is 0.318. The largest absolute Gasteiger partial charge is 0.496 e. The van der Waals surface area contributed by atoms with E-state index in [1.165, 1.54) is 6.07 Å². The third-order valence-electron chi connectivity index (χ3n) is 4.91. The second-order valence-electron chi connectivity index (χ2n) is 6.75. The fourth-order valence-corrected chi connectivity index (χ4v) is 3.25. The molecule has 1 aliphatic heterocycles. The van der Waals surface area contributed by atoms with Crippen molar-refractivity contribution in [3.8, 4) is 5.75 Å². The average Bonchev–Trinajstić information content (AvgIpc) is 2.72. The lowest BCUT2D eigenvalue weighted by Gasteiger charge is -2.33. The number of methoxy groups -OCH3 is 1. The highest BCUT2D eigenvalue weighted by Gasteiger charge is 2.24. The Morgan fingerprint density at radius 3 is 2.57 bits per heavy atom. The van der Waals surface area contributed by atoms with Crippen LogP contribution in [0.25, 0.3) is 0 Å². The van der Waals surface area contributed by atoms with E-state index in [0.29, 0.717) is 11.4 Å². The summed E-state index contributed by atoms with van der Waals surface area (Å²) in [7, 11) is 3.60. The first-order chi connectivity index (χ1) is 13.5. The Labute approximate surface area is 163 Å². The van der Waals surface area contributed by atoms with Gasteiger partial charge in [-0.25, -0.2) is 0 Å². The molecule has 0 aliphatic carbocycles. The normalized spacial score (nSPS) is 14.6. The zero-order valence-electron chi connectivity index (χ0n) is 16.1. The maximum absolute atomic E-state index is 12.5. The number of likely N-dealkylation sites (N-methyl/N-ethyl adjacent to an activating group) is 1. The molecule has 0 aromatic heterocycles. The summed E-state index contributed by atoms with van der Waals surface area (Å²) in [6.07, 6.45) is 0. The number of hydrogen-bond acceptors (Lipinski definition) is 6.